The molecule has 0 saturated carbocycles. The average molecular weight is 414 g/mol. The molecule has 1 atom stereocenters. The number of H-pyrrole nitrogens is 2. The van der Waals surface area contributed by atoms with E-state index in [0.29, 0.717) is 26.9 Å². The summed E-state index contributed by atoms with van der Waals surface area (Å²) >= 11 is 12.3. The predicted molar refractivity (Wildman–Crippen MR) is 115 cm³/mol. The lowest BCUT2D eigenvalue weighted by Crippen LogP contribution is -2.24. The number of pyridine rings is 1. The van der Waals surface area contributed by atoms with Gasteiger partial charge in [-0.3, -0.25) is 4.79 Å². The fourth-order valence-electron chi connectivity index (χ4n) is 3.72. The minimum atomic E-state index is -0.214. The second-order valence-corrected chi connectivity index (χ2v) is 7.85. The minimum Gasteiger partial charge on any atom is -0.380 e. The summed E-state index contributed by atoms with van der Waals surface area (Å²) in [6, 6.07) is 11.1. The van der Waals surface area contributed by atoms with Gasteiger partial charge in [0, 0.05) is 28.0 Å². The fourth-order valence-corrected chi connectivity index (χ4v) is 4.06. The lowest BCUT2D eigenvalue weighted by Gasteiger charge is -2.18. The van der Waals surface area contributed by atoms with Crippen molar-refractivity contribution in [2.45, 2.75) is 12.5 Å². The number of rotatable bonds is 3. The highest BCUT2D eigenvalue weighted by molar-refractivity contribution is 6.31. The summed E-state index contributed by atoms with van der Waals surface area (Å²) in [7, 11) is 0. The second-order valence-electron chi connectivity index (χ2n) is 6.97. The largest absolute Gasteiger partial charge is 0.380 e. The molecule has 1 fully saturated rings. The predicted octanol–water partition coefficient (Wildman–Crippen LogP) is 4.15. The van der Waals surface area contributed by atoms with E-state index in [1.165, 1.54) is 0 Å². The molecule has 0 radical (unpaired) electrons. The molecule has 0 bridgehead atoms. The van der Waals surface area contributed by atoms with Crippen LogP contribution in [0.3, 0.4) is 0 Å². The fraction of sp³-hybridized carbons (Fsp3) is 0.200. The maximum atomic E-state index is 13.0. The third-order valence-corrected chi connectivity index (χ3v) is 5.54. The Morgan fingerprint density at radius 2 is 1.82 bits per heavy atom. The highest BCUT2D eigenvalue weighted by Crippen LogP contribution is 2.33. The van der Waals surface area contributed by atoms with Gasteiger partial charge in [-0.25, -0.2) is 4.98 Å². The monoisotopic (exact) mass is 413 g/mol. The van der Waals surface area contributed by atoms with Gasteiger partial charge in [0.25, 0.3) is 5.56 Å². The third-order valence-electron chi connectivity index (χ3n) is 5.07. The van der Waals surface area contributed by atoms with Crippen LogP contribution in [0.25, 0.3) is 33.3 Å². The summed E-state index contributed by atoms with van der Waals surface area (Å²) in [4.78, 5) is 23.8. The molecular weight excluding hydrogens is 397 g/mol. The van der Waals surface area contributed by atoms with Crippen LogP contribution in [0.2, 0.25) is 10.0 Å². The zero-order valence-corrected chi connectivity index (χ0v) is 16.3. The van der Waals surface area contributed by atoms with E-state index in [9.17, 15) is 4.79 Å². The normalized spacial score (nSPS) is 16.9. The first-order valence-corrected chi connectivity index (χ1v) is 9.82. The lowest BCUT2D eigenvalue weighted by molar-refractivity contribution is 0.794. The van der Waals surface area contributed by atoms with Gasteiger partial charge >= 0.3 is 0 Å². The van der Waals surface area contributed by atoms with Crippen molar-refractivity contribution in [1.82, 2.24) is 20.3 Å². The third kappa shape index (κ3) is 3.03. The Balaban J connectivity index is 1.77. The van der Waals surface area contributed by atoms with E-state index in [2.05, 4.69) is 25.6 Å². The Bertz CT molecular complexity index is 1260. The summed E-state index contributed by atoms with van der Waals surface area (Å²) < 4.78 is 0. The van der Waals surface area contributed by atoms with Crippen molar-refractivity contribution in [2.75, 3.05) is 18.4 Å². The van der Waals surface area contributed by atoms with Gasteiger partial charge in [0.05, 0.1) is 22.2 Å². The van der Waals surface area contributed by atoms with Crippen LogP contribution in [0.15, 0.2) is 41.2 Å². The van der Waals surface area contributed by atoms with Crippen molar-refractivity contribution in [3.8, 4) is 11.4 Å². The van der Waals surface area contributed by atoms with Crippen molar-refractivity contribution in [3.05, 3.63) is 56.8 Å². The number of benzene rings is 2. The molecule has 1 saturated heterocycles. The Labute approximate surface area is 170 Å². The van der Waals surface area contributed by atoms with E-state index in [-0.39, 0.29) is 11.6 Å². The molecule has 142 valence electrons. The summed E-state index contributed by atoms with van der Waals surface area (Å²) in [6.07, 6.45) is 0.976. The van der Waals surface area contributed by atoms with E-state index in [4.69, 9.17) is 23.2 Å². The van der Waals surface area contributed by atoms with E-state index in [1.807, 2.05) is 18.2 Å². The van der Waals surface area contributed by atoms with Crippen molar-refractivity contribution in [1.29, 1.82) is 0 Å². The molecule has 1 unspecified atom stereocenters. The highest BCUT2D eigenvalue weighted by atomic mass is 35.5. The first-order chi connectivity index (χ1) is 13.6. The molecule has 1 aliphatic heterocycles. The molecule has 4 N–H and O–H groups in total. The molecule has 0 spiro atoms. The van der Waals surface area contributed by atoms with Gasteiger partial charge in [-0.2, -0.15) is 0 Å². The van der Waals surface area contributed by atoms with Crippen molar-refractivity contribution in [3.63, 3.8) is 0 Å². The van der Waals surface area contributed by atoms with E-state index in [1.54, 1.807) is 18.2 Å². The first-order valence-electron chi connectivity index (χ1n) is 9.07. The molecule has 2 aromatic carbocycles. The minimum absolute atomic E-state index is 0.214. The number of hydrogen-bond donors (Lipinski definition) is 4. The van der Waals surface area contributed by atoms with Gasteiger partial charge in [-0.1, -0.05) is 23.2 Å². The van der Waals surface area contributed by atoms with Crippen LogP contribution in [-0.2, 0) is 0 Å². The van der Waals surface area contributed by atoms with Crippen LogP contribution in [0, 0.1) is 0 Å². The van der Waals surface area contributed by atoms with Crippen LogP contribution in [0.5, 0.6) is 0 Å². The molecule has 8 heteroatoms. The number of nitrogens with one attached hydrogen (secondary N) is 4. The maximum absolute atomic E-state index is 13.0. The van der Waals surface area contributed by atoms with E-state index >= 15 is 0 Å². The maximum Gasteiger partial charge on any atom is 0.261 e. The Kier molecular flexibility index (Phi) is 4.27. The molecule has 28 heavy (non-hydrogen) atoms. The van der Waals surface area contributed by atoms with Crippen LogP contribution in [0.4, 0.5) is 5.69 Å². The quantitative estimate of drug-likeness (QED) is 0.406. The van der Waals surface area contributed by atoms with Crippen LogP contribution in [-0.4, -0.2) is 34.1 Å². The second kappa shape index (κ2) is 6.81. The van der Waals surface area contributed by atoms with Gasteiger partial charge in [0.1, 0.15) is 11.4 Å². The standard InChI is InChI=1S/C20H17Cl2N5O/c21-10-1-3-14-13(7-10)18(24-12-5-6-23-9-12)17(20(28)27-14)19-25-15-4-2-11(22)8-16(15)26-19/h1-4,7-8,12,23H,5-6,9H2,(H,25,26)(H2,24,27,28). The average Bonchev–Trinajstić information content (AvgIpc) is 3.31. The van der Waals surface area contributed by atoms with Crippen molar-refractivity contribution < 1.29 is 0 Å². The summed E-state index contributed by atoms with van der Waals surface area (Å²) in [6.45, 7) is 1.78. The van der Waals surface area contributed by atoms with Gasteiger partial charge < -0.3 is 20.6 Å². The van der Waals surface area contributed by atoms with Gasteiger partial charge in [-0.05, 0) is 49.4 Å². The number of halogens is 2. The number of anilines is 1. The SMILES string of the molecule is O=c1[nH]c2ccc(Cl)cc2c(NC2CCNC2)c1-c1nc2cc(Cl)ccc2[nH]1. The highest BCUT2D eigenvalue weighted by Gasteiger charge is 2.22. The molecule has 3 heterocycles. The van der Waals surface area contributed by atoms with Crippen molar-refractivity contribution >= 4 is 50.8 Å². The molecule has 6 nitrogen and oxygen atoms in total. The Morgan fingerprint density at radius 3 is 2.61 bits per heavy atom. The molecule has 2 aromatic heterocycles. The summed E-state index contributed by atoms with van der Waals surface area (Å²) in [5.41, 5.74) is 3.24. The summed E-state index contributed by atoms with van der Waals surface area (Å²) in [5, 5.41) is 8.95. The lowest BCUT2D eigenvalue weighted by atomic mass is 10.1. The van der Waals surface area contributed by atoms with E-state index < -0.39 is 0 Å². The Hall–Kier alpha value is -2.54. The van der Waals surface area contributed by atoms with E-state index in [0.717, 1.165) is 41.6 Å². The number of hydrogen-bond acceptors (Lipinski definition) is 4. The van der Waals surface area contributed by atoms with Gasteiger partial charge in [-0.15, -0.1) is 0 Å². The van der Waals surface area contributed by atoms with Crippen molar-refractivity contribution in [2.24, 2.45) is 0 Å². The smallest absolute Gasteiger partial charge is 0.261 e. The molecule has 4 aromatic rings. The number of nitrogens with zero attached hydrogens (tertiary/aromatic N) is 1. The number of aromatic amines is 2. The van der Waals surface area contributed by atoms with Crippen LogP contribution in [0.1, 0.15) is 6.42 Å². The zero-order chi connectivity index (χ0) is 19.3. The Morgan fingerprint density at radius 1 is 1.04 bits per heavy atom. The molecule has 1 aliphatic rings. The number of aromatic nitrogens is 3. The molecule has 0 amide bonds. The van der Waals surface area contributed by atoms with Gasteiger partial charge in [0.2, 0.25) is 0 Å². The zero-order valence-electron chi connectivity index (χ0n) is 14.8. The topological polar surface area (TPSA) is 85.6 Å². The van der Waals surface area contributed by atoms with Gasteiger partial charge in [0.15, 0.2) is 0 Å². The number of imidazole rings is 1. The summed E-state index contributed by atoms with van der Waals surface area (Å²) in [5.74, 6) is 0.494. The molecular formula is C20H17Cl2N5O. The number of fused-ring (bicyclic) bond motifs is 2. The molecule has 0 aliphatic carbocycles. The first kappa shape index (κ1) is 17.6. The molecule has 5 rings (SSSR count). The van der Waals surface area contributed by atoms with Crippen LogP contribution >= 0.6 is 23.2 Å². The van der Waals surface area contributed by atoms with Crippen LogP contribution < -0.4 is 16.2 Å².